The highest BCUT2D eigenvalue weighted by molar-refractivity contribution is 4.81. The first-order valence-corrected chi connectivity index (χ1v) is 3.24. The third kappa shape index (κ3) is 1.23. The Labute approximate surface area is 59.3 Å². The van der Waals surface area contributed by atoms with E-state index in [1.165, 1.54) is 6.20 Å². The molecule has 0 amide bonds. The van der Waals surface area contributed by atoms with E-state index in [0.717, 1.165) is 0 Å². The minimum atomic E-state index is -0.0440. The van der Waals surface area contributed by atoms with Crippen LogP contribution in [0, 0.1) is 0 Å². The van der Waals surface area contributed by atoms with Gasteiger partial charge in [-0.15, -0.1) is 0 Å². The van der Waals surface area contributed by atoms with Crippen LogP contribution in [0.5, 0.6) is 0 Å². The minimum absolute atomic E-state index is 0.0440. The van der Waals surface area contributed by atoms with E-state index in [2.05, 4.69) is 4.98 Å². The van der Waals surface area contributed by atoms with Crippen molar-refractivity contribution in [2.75, 3.05) is 0 Å². The number of aromatic nitrogens is 2. The second kappa shape index (κ2) is 2.64. The number of rotatable bonds is 1. The lowest BCUT2D eigenvalue weighted by molar-refractivity contribution is 0.574. The second-order valence-corrected chi connectivity index (χ2v) is 2.42. The van der Waals surface area contributed by atoms with E-state index in [4.69, 9.17) is 0 Å². The van der Waals surface area contributed by atoms with Crippen molar-refractivity contribution < 1.29 is 0 Å². The normalized spacial score (nSPS) is 10.3. The molecule has 10 heavy (non-hydrogen) atoms. The molecule has 0 unspecified atom stereocenters. The van der Waals surface area contributed by atoms with Gasteiger partial charge in [0.25, 0.3) is 5.56 Å². The van der Waals surface area contributed by atoms with Crippen molar-refractivity contribution in [3.63, 3.8) is 0 Å². The van der Waals surface area contributed by atoms with Crippen LogP contribution in [0.25, 0.3) is 0 Å². The zero-order valence-electron chi connectivity index (χ0n) is 6.11. The van der Waals surface area contributed by atoms with Crippen LogP contribution in [0.1, 0.15) is 19.9 Å². The maximum Gasteiger partial charge on any atom is 0.269 e. The van der Waals surface area contributed by atoms with E-state index < -0.39 is 0 Å². The third-order valence-corrected chi connectivity index (χ3v) is 1.31. The smallest absolute Gasteiger partial charge is 0.269 e. The van der Waals surface area contributed by atoms with Gasteiger partial charge in [0.05, 0.1) is 6.20 Å². The molecule has 0 aliphatic carbocycles. The molecule has 1 aromatic rings. The van der Waals surface area contributed by atoms with E-state index in [-0.39, 0.29) is 11.6 Å². The Bertz CT molecular complexity index is 264. The van der Waals surface area contributed by atoms with Crippen molar-refractivity contribution in [1.82, 2.24) is 9.55 Å². The minimum Gasteiger partial charge on any atom is -0.310 e. The second-order valence-electron chi connectivity index (χ2n) is 2.42. The fraction of sp³-hybridized carbons (Fsp3) is 0.429. The molecule has 0 atom stereocenters. The molecule has 0 aliphatic heterocycles. The molecular formula is C7H10N2O. The van der Waals surface area contributed by atoms with E-state index in [1.807, 2.05) is 13.8 Å². The summed E-state index contributed by atoms with van der Waals surface area (Å²) in [6.07, 6.45) is 4.62. The first-order chi connectivity index (χ1) is 4.72. The maximum atomic E-state index is 11.0. The summed E-state index contributed by atoms with van der Waals surface area (Å²) in [5.74, 6) is 0. The molecule has 1 aromatic heterocycles. The average molecular weight is 138 g/mol. The zero-order chi connectivity index (χ0) is 7.56. The average Bonchev–Trinajstić information content (AvgIpc) is 1.88. The molecule has 1 rings (SSSR count). The van der Waals surface area contributed by atoms with Crippen LogP contribution >= 0.6 is 0 Å². The largest absolute Gasteiger partial charge is 0.310 e. The lowest BCUT2D eigenvalue weighted by Gasteiger charge is -2.06. The van der Waals surface area contributed by atoms with Crippen LogP contribution in [-0.4, -0.2) is 9.55 Å². The van der Waals surface area contributed by atoms with Gasteiger partial charge in [0.2, 0.25) is 0 Å². The Balaban J connectivity index is 3.16. The summed E-state index contributed by atoms with van der Waals surface area (Å²) in [5.41, 5.74) is -0.0440. The highest BCUT2D eigenvalue weighted by Crippen LogP contribution is 1.95. The van der Waals surface area contributed by atoms with Gasteiger partial charge < -0.3 is 4.57 Å². The molecule has 0 saturated carbocycles. The van der Waals surface area contributed by atoms with Gasteiger partial charge in [0.15, 0.2) is 0 Å². The summed E-state index contributed by atoms with van der Waals surface area (Å²) in [5, 5.41) is 0. The van der Waals surface area contributed by atoms with Crippen LogP contribution in [-0.2, 0) is 0 Å². The molecule has 3 nitrogen and oxygen atoms in total. The van der Waals surface area contributed by atoms with Gasteiger partial charge in [0, 0.05) is 18.4 Å². The number of hydrogen-bond donors (Lipinski definition) is 0. The summed E-state index contributed by atoms with van der Waals surface area (Å²) in [4.78, 5) is 14.7. The van der Waals surface area contributed by atoms with Gasteiger partial charge in [-0.2, -0.15) is 0 Å². The van der Waals surface area contributed by atoms with Crippen molar-refractivity contribution in [3.8, 4) is 0 Å². The molecule has 0 bridgehead atoms. The van der Waals surface area contributed by atoms with E-state index >= 15 is 0 Å². The lowest BCUT2D eigenvalue weighted by atomic mass is 10.4. The summed E-state index contributed by atoms with van der Waals surface area (Å²) in [6.45, 7) is 3.92. The summed E-state index contributed by atoms with van der Waals surface area (Å²) < 4.78 is 1.63. The Kier molecular flexibility index (Phi) is 1.85. The highest BCUT2D eigenvalue weighted by Gasteiger charge is 1.96. The molecule has 0 N–H and O–H groups in total. The maximum absolute atomic E-state index is 11.0. The molecule has 0 radical (unpaired) electrons. The molecule has 0 aromatic carbocycles. The Hall–Kier alpha value is -1.12. The monoisotopic (exact) mass is 138 g/mol. The van der Waals surface area contributed by atoms with Crippen molar-refractivity contribution in [2.45, 2.75) is 19.9 Å². The third-order valence-electron chi connectivity index (χ3n) is 1.31. The van der Waals surface area contributed by atoms with Crippen LogP contribution in [0.15, 0.2) is 23.4 Å². The predicted octanol–water partition coefficient (Wildman–Crippen LogP) is 0.824. The molecule has 1 heterocycles. The predicted molar refractivity (Wildman–Crippen MR) is 38.9 cm³/mol. The molecule has 54 valence electrons. The first-order valence-electron chi connectivity index (χ1n) is 3.24. The number of nitrogens with zero attached hydrogens (tertiary/aromatic N) is 2. The van der Waals surface area contributed by atoms with Gasteiger partial charge in [-0.1, -0.05) is 0 Å². The first kappa shape index (κ1) is 6.99. The fourth-order valence-electron chi connectivity index (χ4n) is 0.784. The summed E-state index contributed by atoms with van der Waals surface area (Å²) >= 11 is 0. The van der Waals surface area contributed by atoms with Crippen molar-refractivity contribution in [3.05, 3.63) is 28.9 Å². The Morgan fingerprint density at radius 3 is 2.70 bits per heavy atom. The van der Waals surface area contributed by atoms with Gasteiger partial charge in [-0.3, -0.25) is 9.78 Å². The molecule has 0 saturated heterocycles. The summed E-state index contributed by atoms with van der Waals surface area (Å²) in [7, 11) is 0. The van der Waals surface area contributed by atoms with Gasteiger partial charge in [-0.05, 0) is 13.8 Å². The molecule has 0 spiro atoms. The van der Waals surface area contributed by atoms with E-state index in [0.29, 0.717) is 0 Å². The quantitative estimate of drug-likeness (QED) is 0.576. The summed E-state index contributed by atoms with van der Waals surface area (Å²) in [6, 6.07) is 0.218. The van der Waals surface area contributed by atoms with Crippen LogP contribution < -0.4 is 5.56 Å². The van der Waals surface area contributed by atoms with Crippen molar-refractivity contribution in [2.24, 2.45) is 0 Å². The van der Waals surface area contributed by atoms with E-state index in [9.17, 15) is 4.79 Å². The van der Waals surface area contributed by atoms with Gasteiger partial charge in [0.1, 0.15) is 0 Å². The SMILES string of the molecule is CC(C)n1ccncc1=O. The zero-order valence-corrected chi connectivity index (χ0v) is 6.11. The molecule has 0 aliphatic rings. The molecular weight excluding hydrogens is 128 g/mol. The van der Waals surface area contributed by atoms with Crippen molar-refractivity contribution in [1.29, 1.82) is 0 Å². The fourth-order valence-corrected chi connectivity index (χ4v) is 0.784. The van der Waals surface area contributed by atoms with Crippen LogP contribution in [0.4, 0.5) is 0 Å². The highest BCUT2D eigenvalue weighted by atomic mass is 16.1. The van der Waals surface area contributed by atoms with Crippen molar-refractivity contribution >= 4 is 0 Å². The Morgan fingerprint density at radius 2 is 2.30 bits per heavy atom. The van der Waals surface area contributed by atoms with Gasteiger partial charge in [-0.25, -0.2) is 0 Å². The standard InChI is InChI=1S/C7H10N2O/c1-6(2)9-4-3-8-5-7(9)10/h3-6H,1-2H3. The van der Waals surface area contributed by atoms with Crippen LogP contribution in [0.2, 0.25) is 0 Å². The van der Waals surface area contributed by atoms with Crippen LogP contribution in [0.3, 0.4) is 0 Å². The topological polar surface area (TPSA) is 34.9 Å². The van der Waals surface area contributed by atoms with E-state index in [1.54, 1.807) is 17.0 Å². The molecule has 3 heteroatoms. The van der Waals surface area contributed by atoms with Gasteiger partial charge >= 0.3 is 0 Å². The number of hydrogen-bond acceptors (Lipinski definition) is 2. The molecule has 0 fully saturated rings. The Morgan fingerprint density at radius 1 is 1.60 bits per heavy atom. The lowest BCUT2D eigenvalue weighted by Crippen LogP contribution is -2.20.